The Hall–Kier alpha value is -6.78. The predicted octanol–water partition coefficient (Wildman–Crippen LogP) is -4.54. The molecule has 0 bridgehead atoms. The lowest BCUT2D eigenvalue weighted by Crippen LogP contribution is -2.60. The predicted molar refractivity (Wildman–Crippen MR) is 282 cm³/mol. The third kappa shape index (κ3) is 23.4. The van der Waals surface area contributed by atoms with Crippen molar-refractivity contribution in [1.82, 2.24) is 36.8 Å². The van der Waals surface area contributed by atoms with Crippen LogP contribution in [0, 0.1) is 0 Å². The second kappa shape index (κ2) is 35.5. The van der Waals surface area contributed by atoms with E-state index in [9.17, 15) is 53.4 Å². The highest BCUT2D eigenvalue weighted by molar-refractivity contribution is 5.98. The van der Waals surface area contributed by atoms with E-state index in [2.05, 4.69) is 36.9 Å². The molecule has 2 rings (SSSR count). The van der Waals surface area contributed by atoms with Crippen molar-refractivity contribution in [3.05, 3.63) is 41.5 Å². The number of amides is 7. The van der Waals surface area contributed by atoms with Gasteiger partial charge in [-0.05, 0) is 115 Å². The molecule has 1 aromatic carbocycles. The number of hydrogen-bond donors (Lipinski definition) is 15. The molecule has 1 saturated heterocycles. The number of rotatable bonds is 37. The van der Waals surface area contributed by atoms with Crippen molar-refractivity contribution < 1.29 is 58.1 Å². The van der Waals surface area contributed by atoms with Gasteiger partial charge in [-0.25, -0.2) is 4.79 Å². The van der Waals surface area contributed by atoms with E-state index in [1.165, 1.54) is 25.0 Å². The topological polar surface area (TPSA) is 473 Å². The maximum absolute atomic E-state index is 14.3. The molecule has 7 amide bonds. The van der Waals surface area contributed by atoms with Gasteiger partial charge in [-0.3, -0.25) is 43.3 Å². The van der Waals surface area contributed by atoms with Gasteiger partial charge in [-0.2, -0.15) is 0 Å². The Bertz CT molecular complexity index is 2140. The van der Waals surface area contributed by atoms with Gasteiger partial charge in [0.15, 0.2) is 11.7 Å². The molecule has 27 heteroatoms. The fourth-order valence-corrected chi connectivity index (χ4v) is 8.14. The Morgan fingerprint density at radius 1 is 0.803 bits per heavy atom. The third-order valence-corrected chi connectivity index (χ3v) is 12.4. The van der Waals surface area contributed by atoms with Crippen molar-refractivity contribution in [3.8, 4) is 5.75 Å². The number of aliphatic imine (C=N–C) groups is 1. The van der Waals surface area contributed by atoms with Crippen LogP contribution in [-0.4, -0.2) is 175 Å². The number of benzene rings is 1. The quantitative estimate of drug-likeness (QED) is 0.0129. The number of ether oxygens (including phenoxy) is 1. The molecule has 0 spiro atoms. The van der Waals surface area contributed by atoms with Crippen LogP contribution in [0.25, 0.3) is 0 Å². The van der Waals surface area contributed by atoms with Crippen LogP contribution in [-0.2, 0) is 49.6 Å². The molecular formula is C49H83N15O12. The first-order valence-corrected chi connectivity index (χ1v) is 25.7. The summed E-state index contributed by atoms with van der Waals surface area (Å²) in [7, 11) is 1.47. The summed E-state index contributed by atoms with van der Waals surface area (Å²) in [5.74, 6) is -6.67. The number of aliphatic hydroxyl groups is 1. The van der Waals surface area contributed by atoms with E-state index >= 15 is 0 Å². The number of aliphatic hydroxyl groups excluding tert-OH is 1. The number of ketones is 1. The molecule has 8 atom stereocenters. The van der Waals surface area contributed by atoms with Gasteiger partial charge < -0.3 is 91.9 Å². The highest BCUT2D eigenvalue weighted by Gasteiger charge is 2.39. The highest BCUT2D eigenvalue weighted by Crippen LogP contribution is 2.21. The van der Waals surface area contributed by atoms with Crippen molar-refractivity contribution in [2.24, 2.45) is 45.1 Å². The molecule has 0 saturated carbocycles. The summed E-state index contributed by atoms with van der Waals surface area (Å²) in [5.41, 5.74) is 39.8. The van der Waals surface area contributed by atoms with Crippen LogP contribution in [0.1, 0.15) is 96.0 Å². The normalized spacial score (nSPS) is 16.1. The standard InChI is InChI=1S/C49H83N15O12/c1-29(59-46(72)41(39(66)27-53)63-43(69)33(54)14-3-5-20-50)42(68)58-28-40(67)60-35(16-8-22-52)47(73)64-24-10-17-37(64)45(71)62-36(26-30-11-7-13-32(25-30)76-2)44(70)61-34(15-4-6-21-51)38(65)19-18-31(48(74)75)12-9-23-57-49(55)56/h7,11-13,25,29,33-37,39,41,66H,3-6,8-10,14-24,26-28,50-54H2,1-2H3,(H,58,68)(H,59,72)(H,60,67)(H,61,70)(H,62,71)(H,63,69)(H,74,75)(H4,55,56,57)/b31-12+/t29-,33-,34-,35+,36-,37-,39-,41-/m0/s1. The molecule has 0 radical (unpaired) electrons. The Balaban J connectivity index is 2.26. The Morgan fingerprint density at radius 2 is 1.47 bits per heavy atom. The summed E-state index contributed by atoms with van der Waals surface area (Å²) < 4.78 is 5.38. The zero-order valence-electron chi connectivity index (χ0n) is 43.8. The summed E-state index contributed by atoms with van der Waals surface area (Å²) in [4.78, 5) is 126. The number of likely N-dealkylation sites (tertiary alicyclic amines) is 1. The second-order valence-electron chi connectivity index (χ2n) is 18.4. The zero-order valence-corrected chi connectivity index (χ0v) is 43.8. The number of carbonyl (C=O) groups excluding carboxylic acids is 8. The molecule has 1 aliphatic rings. The first-order chi connectivity index (χ1) is 36.2. The van der Waals surface area contributed by atoms with E-state index < -0.39 is 115 Å². The molecule has 27 nitrogen and oxygen atoms in total. The summed E-state index contributed by atoms with van der Waals surface area (Å²) in [5, 5.41) is 35.6. The monoisotopic (exact) mass is 1070 g/mol. The average molecular weight is 1070 g/mol. The molecule has 76 heavy (non-hydrogen) atoms. The maximum Gasteiger partial charge on any atom is 0.331 e. The molecule has 0 aliphatic carbocycles. The SMILES string of the molecule is COc1cccc(C[C@H](NC(=O)[C@@H]2CCCN2C(=O)[C@@H](CCCN)NC(=O)CNC(=O)[C@H](C)NC(=O)[C@@H](NC(=O)[C@@H](N)CCCCN)[C@@H](O)CN)C(=O)N[C@@H](CCCCN)C(=O)CC/C(=C\CCN=C(N)N)C(=O)O)c1. The number of carboxylic acid groups (broad SMARTS) is 1. The van der Waals surface area contributed by atoms with E-state index in [4.69, 9.17) is 44.9 Å². The smallest absolute Gasteiger partial charge is 0.331 e. The molecule has 1 fully saturated rings. The van der Waals surface area contributed by atoms with Crippen LogP contribution >= 0.6 is 0 Å². The van der Waals surface area contributed by atoms with Gasteiger partial charge in [0.25, 0.3) is 0 Å². The van der Waals surface area contributed by atoms with E-state index in [0.29, 0.717) is 56.5 Å². The van der Waals surface area contributed by atoms with Gasteiger partial charge in [0.05, 0.1) is 31.8 Å². The Labute approximate surface area is 443 Å². The number of nitrogens with one attached hydrogen (secondary N) is 6. The van der Waals surface area contributed by atoms with E-state index in [1.807, 2.05) is 0 Å². The van der Waals surface area contributed by atoms with Crippen LogP contribution in [0.4, 0.5) is 0 Å². The zero-order chi connectivity index (χ0) is 56.7. The van der Waals surface area contributed by atoms with Crippen molar-refractivity contribution in [2.45, 2.75) is 145 Å². The Kier molecular flexibility index (Phi) is 30.5. The van der Waals surface area contributed by atoms with Crippen LogP contribution < -0.4 is 76.8 Å². The van der Waals surface area contributed by atoms with Gasteiger partial charge in [-0.1, -0.05) is 24.6 Å². The van der Waals surface area contributed by atoms with Gasteiger partial charge in [-0.15, -0.1) is 0 Å². The first kappa shape index (κ1) is 65.3. The van der Waals surface area contributed by atoms with Crippen molar-refractivity contribution >= 4 is 59.1 Å². The van der Waals surface area contributed by atoms with Gasteiger partial charge in [0.1, 0.15) is 36.0 Å². The number of carboxylic acids is 1. The lowest BCUT2D eigenvalue weighted by molar-refractivity contribution is -0.142. The molecule has 0 aromatic heterocycles. The fourth-order valence-electron chi connectivity index (χ4n) is 8.14. The first-order valence-electron chi connectivity index (χ1n) is 25.7. The summed E-state index contributed by atoms with van der Waals surface area (Å²) >= 11 is 0. The number of Topliss-reactive ketones (excluding diaryl/α,β-unsaturated/α-hetero) is 1. The van der Waals surface area contributed by atoms with Crippen LogP contribution in [0.15, 0.2) is 40.9 Å². The lowest BCUT2D eigenvalue weighted by Gasteiger charge is -2.30. The minimum atomic E-state index is -1.56. The molecule has 1 heterocycles. The fraction of sp³-hybridized carbons (Fsp3) is 0.633. The summed E-state index contributed by atoms with van der Waals surface area (Å²) in [6.45, 7) is 1.36. The van der Waals surface area contributed by atoms with E-state index in [-0.39, 0.29) is 89.0 Å². The van der Waals surface area contributed by atoms with Crippen LogP contribution in [0.5, 0.6) is 5.75 Å². The molecule has 1 aromatic rings. The minimum absolute atomic E-state index is 0.0359. The Morgan fingerprint density at radius 3 is 2.11 bits per heavy atom. The summed E-state index contributed by atoms with van der Waals surface area (Å²) in [6.07, 6.45) is 3.17. The molecular weight excluding hydrogens is 991 g/mol. The van der Waals surface area contributed by atoms with E-state index in [1.54, 1.807) is 24.3 Å². The molecule has 0 unspecified atom stereocenters. The molecule has 426 valence electrons. The van der Waals surface area contributed by atoms with Crippen LogP contribution in [0.2, 0.25) is 0 Å². The average Bonchev–Trinajstić information content (AvgIpc) is 3.89. The van der Waals surface area contributed by atoms with Gasteiger partial charge >= 0.3 is 5.97 Å². The number of nitrogens with zero attached hydrogens (tertiary/aromatic N) is 2. The number of methoxy groups -OCH3 is 1. The number of carbonyl (C=O) groups is 9. The highest BCUT2D eigenvalue weighted by atomic mass is 16.5. The molecule has 1 aliphatic heterocycles. The maximum atomic E-state index is 14.3. The second-order valence-corrected chi connectivity index (χ2v) is 18.4. The number of unbranched alkanes of at least 4 members (excludes halogenated alkanes) is 2. The van der Waals surface area contributed by atoms with Gasteiger partial charge in [0.2, 0.25) is 41.4 Å². The molecule has 22 N–H and O–H groups in total. The lowest BCUT2D eigenvalue weighted by atomic mass is 9.97. The van der Waals surface area contributed by atoms with Crippen molar-refractivity contribution in [2.75, 3.05) is 52.9 Å². The van der Waals surface area contributed by atoms with E-state index in [0.717, 1.165) is 0 Å². The van der Waals surface area contributed by atoms with Crippen molar-refractivity contribution in [3.63, 3.8) is 0 Å². The number of guanidine groups is 1. The third-order valence-electron chi connectivity index (χ3n) is 12.4. The van der Waals surface area contributed by atoms with Gasteiger partial charge in [0, 0.05) is 38.0 Å². The number of nitrogens with two attached hydrogens (primary N) is 7. The van der Waals surface area contributed by atoms with Crippen molar-refractivity contribution in [1.29, 1.82) is 0 Å². The summed E-state index contributed by atoms with van der Waals surface area (Å²) in [6, 6.07) is -1.72. The number of hydrogen-bond acceptors (Lipinski definition) is 17. The minimum Gasteiger partial charge on any atom is -0.497 e. The van der Waals surface area contributed by atoms with Crippen LogP contribution in [0.3, 0.4) is 0 Å². The largest absolute Gasteiger partial charge is 0.497 e. The number of aliphatic carboxylic acids is 1.